The standard InChI is InChI=1S/C20H25N3O3S/c1-14-3-4-17(11-15(14)2)12-16-7-9-23(10-8-16)20(24)19-6-5-18(13-22-19)27(21,25)26/h3-6,11,13,16H,7-10,12H2,1-2H3,(H2,21,25,26). The summed E-state index contributed by atoms with van der Waals surface area (Å²) in [4.78, 5) is 18.3. The van der Waals surface area contributed by atoms with Gasteiger partial charge >= 0.3 is 0 Å². The van der Waals surface area contributed by atoms with Crippen LogP contribution < -0.4 is 5.14 Å². The van der Waals surface area contributed by atoms with Crippen molar-refractivity contribution in [2.75, 3.05) is 13.1 Å². The molecule has 1 amide bonds. The molecule has 7 heteroatoms. The van der Waals surface area contributed by atoms with Gasteiger partial charge in [-0.05, 0) is 67.9 Å². The third kappa shape index (κ3) is 4.73. The van der Waals surface area contributed by atoms with Crippen LogP contribution in [0.25, 0.3) is 0 Å². The van der Waals surface area contributed by atoms with Gasteiger partial charge in [0.1, 0.15) is 10.6 Å². The van der Waals surface area contributed by atoms with E-state index >= 15 is 0 Å². The van der Waals surface area contributed by atoms with E-state index in [2.05, 4.69) is 37.0 Å². The van der Waals surface area contributed by atoms with Crippen LogP contribution >= 0.6 is 0 Å². The highest BCUT2D eigenvalue weighted by Gasteiger charge is 2.25. The van der Waals surface area contributed by atoms with Gasteiger partial charge in [-0.15, -0.1) is 0 Å². The summed E-state index contributed by atoms with van der Waals surface area (Å²) in [6, 6.07) is 9.35. The minimum Gasteiger partial charge on any atom is -0.337 e. The largest absolute Gasteiger partial charge is 0.337 e. The molecule has 0 saturated carbocycles. The van der Waals surface area contributed by atoms with E-state index in [1.165, 1.54) is 28.8 Å². The topological polar surface area (TPSA) is 93.4 Å². The Hall–Kier alpha value is -2.25. The fourth-order valence-electron chi connectivity index (χ4n) is 3.44. The zero-order valence-electron chi connectivity index (χ0n) is 15.7. The van der Waals surface area contributed by atoms with E-state index in [0.717, 1.165) is 25.5 Å². The number of benzene rings is 1. The molecule has 0 aliphatic carbocycles. The van der Waals surface area contributed by atoms with Crippen molar-refractivity contribution < 1.29 is 13.2 Å². The first-order valence-corrected chi connectivity index (χ1v) is 10.6. The number of aromatic nitrogens is 1. The molecule has 2 N–H and O–H groups in total. The lowest BCUT2D eigenvalue weighted by Crippen LogP contribution is -2.39. The van der Waals surface area contributed by atoms with Crippen LogP contribution in [0.15, 0.2) is 41.4 Å². The summed E-state index contributed by atoms with van der Waals surface area (Å²) in [6.45, 7) is 5.63. The number of nitrogens with two attached hydrogens (primary N) is 1. The fraction of sp³-hybridized carbons (Fsp3) is 0.400. The SMILES string of the molecule is Cc1ccc(CC2CCN(C(=O)c3ccc(S(N)(=O)=O)cn3)CC2)cc1C. The summed E-state index contributed by atoms with van der Waals surface area (Å²) in [5, 5.41) is 5.06. The number of carbonyl (C=O) groups is 1. The van der Waals surface area contributed by atoms with E-state index in [9.17, 15) is 13.2 Å². The molecule has 0 atom stereocenters. The lowest BCUT2D eigenvalue weighted by atomic mass is 9.89. The van der Waals surface area contributed by atoms with Gasteiger partial charge in [0.15, 0.2) is 0 Å². The summed E-state index contributed by atoms with van der Waals surface area (Å²) >= 11 is 0. The van der Waals surface area contributed by atoms with E-state index in [1.807, 2.05) is 0 Å². The number of primary sulfonamides is 1. The van der Waals surface area contributed by atoms with Crippen LogP contribution in [0.4, 0.5) is 0 Å². The second-order valence-corrected chi connectivity index (χ2v) is 8.84. The Morgan fingerprint density at radius 3 is 2.41 bits per heavy atom. The smallest absolute Gasteiger partial charge is 0.272 e. The molecule has 1 aromatic carbocycles. The Kier molecular flexibility index (Phi) is 5.62. The maximum absolute atomic E-state index is 12.6. The number of nitrogens with zero attached hydrogens (tertiary/aromatic N) is 2. The molecule has 1 aliphatic rings. The molecule has 1 fully saturated rings. The molecule has 6 nitrogen and oxygen atoms in total. The molecule has 0 bridgehead atoms. The number of amides is 1. The molecule has 3 rings (SSSR count). The van der Waals surface area contributed by atoms with Gasteiger partial charge in [-0.3, -0.25) is 4.79 Å². The van der Waals surface area contributed by atoms with Gasteiger partial charge in [-0.2, -0.15) is 0 Å². The van der Waals surface area contributed by atoms with Crippen LogP contribution in [0.5, 0.6) is 0 Å². The number of pyridine rings is 1. The van der Waals surface area contributed by atoms with Gasteiger partial charge in [0, 0.05) is 19.3 Å². The van der Waals surface area contributed by atoms with E-state index < -0.39 is 10.0 Å². The van der Waals surface area contributed by atoms with Crippen LogP contribution in [0, 0.1) is 19.8 Å². The Balaban J connectivity index is 1.58. The molecular formula is C20H25N3O3S. The van der Waals surface area contributed by atoms with Crippen LogP contribution in [-0.4, -0.2) is 37.3 Å². The van der Waals surface area contributed by atoms with Gasteiger partial charge in [-0.25, -0.2) is 18.5 Å². The first-order chi connectivity index (χ1) is 12.7. The molecule has 27 heavy (non-hydrogen) atoms. The molecule has 1 aromatic heterocycles. The zero-order valence-corrected chi connectivity index (χ0v) is 16.5. The van der Waals surface area contributed by atoms with Gasteiger partial charge in [0.2, 0.25) is 10.0 Å². The van der Waals surface area contributed by atoms with Crippen LogP contribution in [-0.2, 0) is 16.4 Å². The number of aryl methyl sites for hydroxylation is 2. The molecule has 0 radical (unpaired) electrons. The average Bonchev–Trinajstić information content (AvgIpc) is 2.64. The Bertz CT molecular complexity index is 931. The summed E-state index contributed by atoms with van der Waals surface area (Å²) in [7, 11) is -3.80. The Labute approximate surface area is 160 Å². The first-order valence-electron chi connectivity index (χ1n) is 9.08. The fourth-order valence-corrected chi connectivity index (χ4v) is 3.90. The van der Waals surface area contributed by atoms with E-state index in [0.29, 0.717) is 19.0 Å². The van der Waals surface area contributed by atoms with Gasteiger partial charge in [0.25, 0.3) is 5.91 Å². The average molecular weight is 388 g/mol. The zero-order chi connectivity index (χ0) is 19.6. The second-order valence-electron chi connectivity index (χ2n) is 7.28. The number of piperidine rings is 1. The van der Waals surface area contributed by atoms with Crippen molar-refractivity contribution >= 4 is 15.9 Å². The van der Waals surface area contributed by atoms with Crippen molar-refractivity contribution in [3.05, 3.63) is 58.9 Å². The van der Waals surface area contributed by atoms with Gasteiger partial charge < -0.3 is 4.90 Å². The normalized spacial score (nSPS) is 15.7. The van der Waals surface area contributed by atoms with E-state index in [4.69, 9.17) is 5.14 Å². The summed E-state index contributed by atoms with van der Waals surface area (Å²) in [5.74, 6) is 0.398. The molecule has 0 unspecified atom stereocenters. The second kappa shape index (κ2) is 7.78. The molecule has 1 saturated heterocycles. The third-order valence-electron chi connectivity index (χ3n) is 5.28. The number of carbonyl (C=O) groups excluding carboxylic acids is 1. The van der Waals surface area contributed by atoms with E-state index in [1.54, 1.807) is 4.90 Å². The third-order valence-corrected chi connectivity index (χ3v) is 6.18. The van der Waals surface area contributed by atoms with Crippen molar-refractivity contribution in [1.29, 1.82) is 0 Å². The molecule has 0 spiro atoms. The highest BCUT2D eigenvalue weighted by atomic mass is 32.2. The van der Waals surface area contributed by atoms with Crippen LogP contribution in [0.3, 0.4) is 0 Å². The van der Waals surface area contributed by atoms with Crippen molar-refractivity contribution in [1.82, 2.24) is 9.88 Å². The molecular weight excluding hydrogens is 362 g/mol. The van der Waals surface area contributed by atoms with Crippen LogP contribution in [0.2, 0.25) is 0 Å². The monoisotopic (exact) mass is 387 g/mol. The maximum Gasteiger partial charge on any atom is 0.272 e. The molecule has 144 valence electrons. The number of sulfonamides is 1. The minimum atomic E-state index is -3.80. The van der Waals surface area contributed by atoms with E-state index in [-0.39, 0.29) is 16.5 Å². The molecule has 2 aromatic rings. The predicted molar refractivity (Wildman–Crippen MR) is 104 cm³/mol. The van der Waals surface area contributed by atoms with Crippen molar-refractivity contribution in [2.45, 2.75) is 38.0 Å². The summed E-state index contributed by atoms with van der Waals surface area (Å²) < 4.78 is 22.6. The number of likely N-dealkylation sites (tertiary alicyclic amines) is 1. The summed E-state index contributed by atoms with van der Waals surface area (Å²) in [5.41, 5.74) is 4.22. The van der Waals surface area contributed by atoms with Gasteiger partial charge in [0.05, 0.1) is 0 Å². The number of hydrogen-bond donors (Lipinski definition) is 1. The van der Waals surface area contributed by atoms with Crippen molar-refractivity contribution in [3.8, 4) is 0 Å². The highest BCUT2D eigenvalue weighted by Crippen LogP contribution is 2.23. The van der Waals surface area contributed by atoms with Crippen molar-refractivity contribution in [2.24, 2.45) is 11.1 Å². The lowest BCUT2D eigenvalue weighted by molar-refractivity contribution is 0.0684. The van der Waals surface area contributed by atoms with Gasteiger partial charge in [-0.1, -0.05) is 18.2 Å². The predicted octanol–water partition coefficient (Wildman–Crippen LogP) is 2.44. The lowest BCUT2D eigenvalue weighted by Gasteiger charge is -2.32. The molecule has 1 aliphatic heterocycles. The Morgan fingerprint density at radius 2 is 1.85 bits per heavy atom. The van der Waals surface area contributed by atoms with Crippen LogP contribution in [0.1, 0.15) is 40.0 Å². The molecule has 2 heterocycles. The highest BCUT2D eigenvalue weighted by molar-refractivity contribution is 7.89. The Morgan fingerprint density at radius 1 is 1.15 bits per heavy atom. The number of rotatable bonds is 4. The minimum absolute atomic E-state index is 0.0915. The number of hydrogen-bond acceptors (Lipinski definition) is 4. The maximum atomic E-state index is 12.6. The first kappa shape index (κ1) is 19.5. The summed E-state index contributed by atoms with van der Waals surface area (Å²) in [6.07, 6.45) is 4.07. The quantitative estimate of drug-likeness (QED) is 0.872. The van der Waals surface area contributed by atoms with Crippen molar-refractivity contribution in [3.63, 3.8) is 0 Å².